The molecule has 1 amide bonds. The van der Waals surface area contributed by atoms with Gasteiger partial charge in [-0.3, -0.25) is 4.79 Å². The quantitative estimate of drug-likeness (QED) is 0.629. The molecule has 1 aromatic heterocycles. The molecule has 0 aliphatic carbocycles. The van der Waals surface area contributed by atoms with E-state index in [0.717, 1.165) is 31.7 Å². The second-order valence-corrected chi connectivity index (χ2v) is 8.06. The van der Waals surface area contributed by atoms with Gasteiger partial charge in [0, 0.05) is 35.6 Å². The summed E-state index contributed by atoms with van der Waals surface area (Å²) in [6.45, 7) is 8.52. The Kier molecular flexibility index (Phi) is 5.98. The molecule has 3 aromatic rings. The first-order valence-corrected chi connectivity index (χ1v) is 10.8. The van der Waals surface area contributed by atoms with Gasteiger partial charge in [-0.1, -0.05) is 11.6 Å². The number of fused-ring (bicyclic) bond motifs is 1. The van der Waals surface area contributed by atoms with Gasteiger partial charge in [0.25, 0.3) is 5.91 Å². The van der Waals surface area contributed by atoms with Crippen LogP contribution in [-0.4, -0.2) is 42.1 Å². The van der Waals surface area contributed by atoms with Crippen molar-refractivity contribution in [2.75, 3.05) is 26.3 Å². The Balaban J connectivity index is 1.32. The molecule has 158 valence electrons. The van der Waals surface area contributed by atoms with Crippen LogP contribution in [0.25, 0.3) is 10.9 Å². The van der Waals surface area contributed by atoms with Gasteiger partial charge >= 0.3 is 0 Å². The monoisotopic (exact) mass is 406 g/mol. The summed E-state index contributed by atoms with van der Waals surface area (Å²) in [5, 5.41) is 1.31. The second kappa shape index (κ2) is 8.82. The molecule has 1 N–H and O–H groups in total. The summed E-state index contributed by atoms with van der Waals surface area (Å²) >= 11 is 0. The van der Waals surface area contributed by atoms with Gasteiger partial charge in [0.2, 0.25) is 0 Å². The molecule has 4 rings (SSSR count). The number of benzene rings is 2. The highest BCUT2D eigenvalue weighted by atomic mass is 16.5. The van der Waals surface area contributed by atoms with Crippen LogP contribution in [0.4, 0.5) is 0 Å². The lowest BCUT2D eigenvalue weighted by Crippen LogP contribution is -2.40. The van der Waals surface area contributed by atoms with E-state index < -0.39 is 0 Å². The molecule has 0 bridgehead atoms. The minimum atomic E-state index is 0.0475. The normalized spacial score (nSPS) is 14.8. The number of carbonyl (C=O) groups is 1. The molecular formula is C25H30N2O3. The van der Waals surface area contributed by atoms with Gasteiger partial charge in [0.15, 0.2) is 6.61 Å². The van der Waals surface area contributed by atoms with Crippen LogP contribution in [0.15, 0.2) is 42.5 Å². The summed E-state index contributed by atoms with van der Waals surface area (Å²) in [5.74, 6) is 2.01. The van der Waals surface area contributed by atoms with Gasteiger partial charge in [-0.2, -0.15) is 0 Å². The van der Waals surface area contributed by atoms with Crippen LogP contribution >= 0.6 is 0 Å². The molecule has 0 unspecified atom stereocenters. The topological polar surface area (TPSA) is 54.6 Å². The summed E-state index contributed by atoms with van der Waals surface area (Å²) in [6.07, 6.45) is 1.95. The SMILES string of the molecule is CCOc1ccc(OCC(=O)N2CCC(c3[nH]c4ccc(C)cc4c3C)CC2)cc1. The second-order valence-electron chi connectivity index (χ2n) is 8.06. The number of likely N-dealkylation sites (tertiary alicyclic amines) is 1. The lowest BCUT2D eigenvalue weighted by Gasteiger charge is -2.32. The Labute approximate surface area is 178 Å². The van der Waals surface area contributed by atoms with Crippen molar-refractivity contribution in [3.63, 3.8) is 0 Å². The lowest BCUT2D eigenvalue weighted by molar-refractivity contribution is -0.134. The number of aromatic amines is 1. The van der Waals surface area contributed by atoms with Gasteiger partial charge in [-0.25, -0.2) is 0 Å². The Morgan fingerprint density at radius 1 is 1.03 bits per heavy atom. The minimum Gasteiger partial charge on any atom is -0.494 e. The van der Waals surface area contributed by atoms with Gasteiger partial charge in [-0.15, -0.1) is 0 Å². The van der Waals surface area contributed by atoms with E-state index in [9.17, 15) is 4.79 Å². The van der Waals surface area contributed by atoms with Crippen LogP contribution in [0, 0.1) is 13.8 Å². The van der Waals surface area contributed by atoms with Gasteiger partial charge in [0.1, 0.15) is 11.5 Å². The Morgan fingerprint density at radius 3 is 2.37 bits per heavy atom. The Morgan fingerprint density at radius 2 is 1.70 bits per heavy atom. The molecule has 1 aliphatic heterocycles. The number of aryl methyl sites for hydroxylation is 2. The predicted molar refractivity (Wildman–Crippen MR) is 119 cm³/mol. The zero-order valence-corrected chi connectivity index (χ0v) is 18.0. The number of aromatic nitrogens is 1. The average molecular weight is 407 g/mol. The smallest absolute Gasteiger partial charge is 0.260 e. The lowest BCUT2D eigenvalue weighted by atomic mass is 9.91. The molecule has 1 fully saturated rings. The molecule has 5 heteroatoms. The minimum absolute atomic E-state index is 0.0475. The van der Waals surface area contributed by atoms with Crippen LogP contribution in [0.3, 0.4) is 0 Å². The highest BCUT2D eigenvalue weighted by Gasteiger charge is 2.26. The molecule has 0 atom stereocenters. The number of hydrogen-bond acceptors (Lipinski definition) is 3. The van der Waals surface area contributed by atoms with Crippen molar-refractivity contribution in [1.82, 2.24) is 9.88 Å². The first kappa shape index (κ1) is 20.3. The van der Waals surface area contributed by atoms with Crippen LogP contribution in [0.5, 0.6) is 11.5 Å². The highest BCUT2D eigenvalue weighted by molar-refractivity contribution is 5.85. The van der Waals surface area contributed by atoms with E-state index in [-0.39, 0.29) is 12.5 Å². The first-order valence-electron chi connectivity index (χ1n) is 10.8. The van der Waals surface area contributed by atoms with E-state index in [1.54, 1.807) is 0 Å². The number of piperidine rings is 1. The number of nitrogens with one attached hydrogen (secondary N) is 1. The Bertz CT molecular complexity index is 1010. The first-order chi connectivity index (χ1) is 14.5. The van der Waals surface area contributed by atoms with Crippen LogP contribution in [-0.2, 0) is 4.79 Å². The molecular weight excluding hydrogens is 376 g/mol. The van der Waals surface area contributed by atoms with E-state index in [0.29, 0.717) is 18.3 Å². The van der Waals surface area contributed by atoms with E-state index in [4.69, 9.17) is 9.47 Å². The van der Waals surface area contributed by atoms with Crippen molar-refractivity contribution in [3.05, 3.63) is 59.3 Å². The average Bonchev–Trinajstić information content (AvgIpc) is 3.09. The third-order valence-electron chi connectivity index (χ3n) is 6.01. The van der Waals surface area contributed by atoms with Gasteiger partial charge < -0.3 is 19.4 Å². The van der Waals surface area contributed by atoms with E-state index >= 15 is 0 Å². The highest BCUT2D eigenvalue weighted by Crippen LogP contribution is 2.33. The molecule has 1 aliphatic rings. The fraction of sp³-hybridized carbons (Fsp3) is 0.400. The van der Waals surface area contributed by atoms with Crippen LogP contribution < -0.4 is 9.47 Å². The number of hydrogen-bond donors (Lipinski definition) is 1. The third kappa shape index (κ3) is 4.30. The summed E-state index contributed by atoms with van der Waals surface area (Å²) in [6, 6.07) is 14.0. The van der Waals surface area contributed by atoms with E-state index in [1.807, 2.05) is 36.1 Å². The van der Waals surface area contributed by atoms with Gasteiger partial charge in [0.05, 0.1) is 6.61 Å². The van der Waals surface area contributed by atoms with E-state index in [2.05, 4.69) is 37.0 Å². The standard InChI is InChI=1S/C25H30N2O3/c1-4-29-20-6-8-21(9-7-20)30-16-24(28)27-13-11-19(12-14-27)25-18(3)22-15-17(2)5-10-23(22)26-25/h5-10,15,19,26H,4,11-14,16H2,1-3H3. The van der Waals surface area contributed by atoms with Gasteiger partial charge in [-0.05, 0) is 75.6 Å². The molecule has 30 heavy (non-hydrogen) atoms. The largest absolute Gasteiger partial charge is 0.494 e. The number of rotatable bonds is 6. The summed E-state index contributed by atoms with van der Waals surface area (Å²) in [7, 11) is 0. The number of carbonyl (C=O) groups excluding carboxylic acids is 1. The van der Waals surface area contributed by atoms with Crippen molar-refractivity contribution >= 4 is 16.8 Å². The van der Waals surface area contributed by atoms with Crippen molar-refractivity contribution in [3.8, 4) is 11.5 Å². The van der Waals surface area contributed by atoms with Crippen LogP contribution in [0.1, 0.15) is 42.5 Å². The fourth-order valence-electron chi connectivity index (χ4n) is 4.32. The van der Waals surface area contributed by atoms with Crippen molar-refractivity contribution < 1.29 is 14.3 Å². The summed E-state index contributed by atoms with van der Waals surface area (Å²) in [5.41, 5.74) is 5.16. The molecule has 0 saturated carbocycles. The molecule has 2 aromatic carbocycles. The fourth-order valence-corrected chi connectivity index (χ4v) is 4.32. The summed E-state index contributed by atoms with van der Waals surface area (Å²) < 4.78 is 11.1. The zero-order chi connectivity index (χ0) is 21.1. The van der Waals surface area contributed by atoms with Crippen LogP contribution in [0.2, 0.25) is 0 Å². The number of H-pyrrole nitrogens is 1. The summed E-state index contributed by atoms with van der Waals surface area (Å²) in [4.78, 5) is 18.1. The maximum absolute atomic E-state index is 12.6. The maximum atomic E-state index is 12.6. The Hall–Kier alpha value is -2.95. The maximum Gasteiger partial charge on any atom is 0.260 e. The molecule has 0 radical (unpaired) electrons. The van der Waals surface area contributed by atoms with Crippen molar-refractivity contribution in [2.45, 2.75) is 39.5 Å². The molecule has 2 heterocycles. The number of ether oxygens (including phenoxy) is 2. The molecule has 1 saturated heterocycles. The van der Waals surface area contributed by atoms with E-state index in [1.165, 1.54) is 27.7 Å². The number of nitrogens with zero attached hydrogens (tertiary/aromatic N) is 1. The zero-order valence-electron chi connectivity index (χ0n) is 18.0. The number of amides is 1. The van der Waals surface area contributed by atoms with Crippen molar-refractivity contribution in [1.29, 1.82) is 0 Å². The molecule has 0 spiro atoms. The predicted octanol–water partition coefficient (Wildman–Crippen LogP) is 4.97. The third-order valence-corrected chi connectivity index (χ3v) is 6.01. The van der Waals surface area contributed by atoms with Crippen molar-refractivity contribution in [2.24, 2.45) is 0 Å². The molecule has 5 nitrogen and oxygen atoms in total.